The number of nitrogens with one attached hydrogen (secondary N) is 2. The average Bonchev–Trinajstić information content (AvgIpc) is 2.71. The number of hydrogen-bond donors (Lipinski definition) is 2. The predicted octanol–water partition coefficient (Wildman–Crippen LogP) is 3.94. The molecule has 0 fully saturated rings. The molecule has 0 atom stereocenters. The van der Waals surface area contributed by atoms with Crippen LogP contribution in [0.3, 0.4) is 0 Å². The second kappa shape index (κ2) is 8.85. The van der Waals surface area contributed by atoms with Gasteiger partial charge in [0.15, 0.2) is 0 Å². The Hall–Kier alpha value is -3.34. The van der Waals surface area contributed by atoms with Crippen LogP contribution in [0, 0.1) is 6.92 Å². The first-order valence-electron chi connectivity index (χ1n) is 8.80. The molecule has 0 unspecified atom stereocenters. The van der Waals surface area contributed by atoms with E-state index in [0.29, 0.717) is 18.8 Å². The van der Waals surface area contributed by atoms with Crippen molar-refractivity contribution < 1.29 is 9.53 Å². The summed E-state index contributed by atoms with van der Waals surface area (Å²) in [5, 5.41) is 6.23. The van der Waals surface area contributed by atoms with Crippen LogP contribution in [-0.2, 0) is 13.1 Å². The molecule has 0 radical (unpaired) electrons. The largest absolute Gasteiger partial charge is 0.497 e. The molecule has 138 valence electrons. The predicted molar refractivity (Wildman–Crippen MR) is 107 cm³/mol. The number of hydrogen-bond acceptors (Lipinski definition) is 4. The van der Waals surface area contributed by atoms with Gasteiger partial charge in [0.05, 0.1) is 7.11 Å². The molecule has 0 aliphatic carbocycles. The first-order valence-corrected chi connectivity index (χ1v) is 8.80. The molecule has 0 aliphatic rings. The Kier molecular flexibility index (Phi) is 6.05. The number of methoxy groups -OCH3 is 1. The number of aryl methyl sites for hydroxylation is 1. The third kappa shape index (κ3) is 5.31. The Morgan fingerprint density at radius 1 is 1.00 bits per heavy atom. The lowest BCUT2D eigenvalue weighted by Gasteiger charge is -2.09. The number of aromatic nitrogens is 1. The maximum Gasteiger partial charge on any atom is 0.270 e. The van der Waals surface area contributed by atoms with Gasteiger partial charge in [0.1, 0.15) is 11.4 Å². The molecule has 0 saturated carbocycles. The number of carbonyl (C=O) groups is 1. The number of nitrogens with zero attached hydrogens (tertiary/aromatic N) is 1. The van der Waals surface area contributed by atoms with Gasteiger partial charge in [0.25, 0.3) is 5.91 Å². The quantitative estimate of drug-likeness (QED) is 0.669. The van der Waals surface area contributed by atoms with Crippen molar-refractivity contribution in [2.75, 3.05) is 12.4 Å². The molecule has 3 aromatic rings. The minimum atomic E-state index is -0.190. The second-order valence-corrected chi connectivity index (χ2v) is 6.30. The summed E-state index contributed by atoms with van der Waals surface area (Å²) in [7, 11) is 1.65. The van der Waals surface area contributed by atoms with Crippen molar-refractivity contribution in [2.24, 2.45) is 0 Å². The van der Waals surface area contributed by atoms with E-state index in [9.17, 15) is 4.79 Å². The summed E-state index contributed by atoms with van der Waals surface area (Å²) in [6.45, 7) is 3.16. The lowest BCUT2D eigenvalue weighted by molar-refractivity contribution is 0.0946. The summed E-state index contributed by atoms with van der Waals surface area (Å²) in [6.07, 6.45) is 1.64. The molecule has 0 saturated heterocycles. The number of amides is 1. The van der Waals surface area contributed by atoms with Gasteiger partial charge in [0.2, 0.25) is 0 Å². The summed E-state index contributed by atoms with van der Waals surface area (Å²) in [5.41, 5.74) is 4.60. The Bertz CT molecular complexity index is 907. The number of anilines is 1. The van der Waals surface area contributed by atoms with E-state index in [1.807, 2.05) is 55.5 Å². The first-order chi connectivity index (χ1) is 13.1. The lowest BCUT2D eigenvalue weighted by Crippen LogP contribution is -2.23. The third-order valence-electron chi connectivity index (χ3n) is 4.18. The molecule has 0 bridgehead atoms. The smallest absolute Gasteiger partial charge is 0.270 e. The van der Waals surface area contributed by atoms with Gasteiger partial charge in [-0.1, -0.05) is 42.0 Å². The second-order valence-electron chi connectivity index (χ2n) is 6.30. The summed E-state index contributed by atoms with van der Waals surface area (Å²) in [4.78, 5) is 16.6. The van der Waals surface area contributed by atoms with Gasteiger partial charge in [-0.3, -0.25) is 9.78 Å². The van der Waals surface area contributed by atoms with Crippen molar-refractivity contribution in [1.29, 1.82) is 0 Å². The highest BCUT2D eigenvalue weighted by Gasteiger charge is 2.08. The monoisotopic (exact) mass is 361 g/mol. The van der Waals surface area contributed by atoms with Gasteiger partial charge >= 0.3 is 0 Å². The fourth-order valence-electron chi connectivity index (χ4n) is 2.71. The fraction of sp³-hybridized carbons (Fsp3) is 0.182. The molecule has 5 heteroatoms. The van der Waals surface area contributed by atoms with Crippen molar-refractivity contribution >= 4 is 11.6 Å². The van der Waals surface area contributed by atoms with Gasteiger partial charge in [-0.2, -0.15) is 0 Å². The number of carbonyl (C=O) groups excluding carboxylic acids is 1. The van der Waals surface area contributed by atoms with E-state index in [4.69, 9.17) is 4.74 Å². The normalized spacial score (nSPS) is 10.3. The first kappa shape index (κ1) is 18.5. The molecule has 1 aromatic heterocycles. The summed E-state index contributed by atoms with van der Waals surface area (Å²) >= 11 is 0. The number of benzene rings is 2. The lowest BCUT2D eigenvalue weighted by atomic mass is 10.1. The van der Waals surface area contributed by atoms with Crippen molar-refractivity contribution in [3.63, 3.8) is 0 Å². The highest BCUT2D eigenvalue weighted by atomic mass is 16.5. The molecule has 0 aliphatic heterocycles. The Morgan fingerprint density at radius 2 is 1.81 bits per heavy atom. The van der Waals surface area contributed by atoms with E-state index in [2.05, 4.69) is 21.7 Å². The zero-order valence-corrected chi connectivity index (χ0v) is 15.5. The maximum atomic E-state index is 12.4. The molecule has 5 nitrogen and oxygen atoms in total. The molecule has 3 rings (SSSR count). The van der Waals surface area contributed by atoms with E-state index in [1.54, 1.807) is 19.4 Å². The van der Waals surface area contributed by atoms with Crippen LogP contribution in [0.2, 0.25) is 0 Å². The third-order valence-corrected chi connectivity index (χ3v) is 4.18. The van der Waals surface area contributed by atoms with Crippen LogP contribution in [-0.4, -0.2) is 18.0 Å². The number of pyridine rings is 1. The van der Waals surface area contributed by atoms with Crippen LogP contribution in [0.15, 0.2) is 66.9 Å². The Labute approximate surface area is 159 Å². The van der Waals surface area contributed by atoms with Crippen molar-refractivity contribution in [3.8, 4) is 5.75 Å². The van der Waals surface area contributed by atoms with Crippen LogP contribution in [0.5, 0.6) is 5.75 Å². The maximum absolute atomic E-state index is 12.4. The molecule has 2 aromatic carbocycles. The average molecular weight is 361 g/mol. The Balaban J connectivity index is 1.57. The minimum Gasteiger partial charge on any atom is -0.497 e. The minimum absolute atomic E-state index is 0.190. The molecular weight excluding hydrogens is 338 g/mol. The molecular formula is C22H23N3O2. The van der Waals surface area contributed by atoms with E-state index >= 15 is 0 Å². The van der Waals surface area contributed by atoms with E-state index < -0.39 is 0 Å². The Morgan fingerprint density at radius 3 is 2.56 bits per heavy atom. The van der Waals surface area contributed by atoms with Crippen LogP contribution in [0.25, 0.3) is 0 Å². The zero-order valence-electron chi connectivity index (χ0n) is 15.5. The van der Waals surface area contributed by atoms with E-state index in [0.717, 1.165) is 22.6 Å². The van der Waals surface area contributed by atoms with Gasteiger partial charge in [-0.05, 0) is 42.3 Å². The molecule has 0 spiro atoms. The fourth-order valence-corrected chi connectivity index (χ4v) is 2.71. The van der Waals surface area contributed by atoms with Gasteiger partial charge in [-0.25, -0.2) is 0 Å². The molecule has 2 N–H and O–H groups in total. The topological polar surface area (TPSA) is 63.2 Å². The van der Waals surface area contributed by atoms with Crippen molar-refractivity contribution in [1.82, 2.24) is 10.3 Å². The highest BCUT2D eigenvalue weighted by Crippen LogP contribution is 2.14. The van der Waals surface area contributed by atoms with Crippen molar-refractivity contribution in [3.05, 3.63) is 89.2 Å². The number of rotatable bonds is 7. The highest BCUT2D eigenvalue weighted by molar-refractivity contribution is 5.93. The summed E-state index contributed by atoms with van der Waals surface area (Å²) in [5.74, 6) is 0.639. The molecule has 1 amide bonds. The summed E-state index contributed by atoms with van der Waals surface area (Å²) < 4.78 is 5.16. The van der Waals surface area contributed by atoms with E-state index in [1.165, 1.54) is 5.56 Å². The SMILES string of the molecule is COc1ccc(CNc2ccnc(C(=O)NCc3cccc(C)c3)c2)cc1. The van der Waals surface area contributed by atoms with Crippen LogP contribution in [0.1, 0.15) is 27.2 Å². The van der Waals surface area contributed by atoms with Crippen molar-refractivity contribution in [2.45, 2.75) is 20.0 Å². The zero-order chi connectivity index (χ0) is 19.1. The van der Waals surface area contributed by atoms with Gasteiger partial charge in [-0.15, -0.1) is 0 Å². The molecule has 27 heavy (non-hydrogen) atoms. The van der Waals surface area contributed by atoms with Crippen LogP contribution >= 0.6 is 0 Å². The number of ether oxygens (including phenoxy) is 1. The standard InChI is InChI=1S/C22H23N3O2/c1-16-4-3-5-18(12-16)15-25-22(26)21-13-19(10-11-23-21)24-14-17-6-8-20(27-2)9-7-17/h3-13H,14-15H2,1-2H3,(H,23,24)(H,25,26). The van der Waals surface area contributed by atoms with Crippen LogP contribution in [0.4, 0.5) is 5.69 Å². The van der Waals surface area contributed by atoms with Gasteiger partial charge in [0, 0.05) is 25.0 Å². The molecule has 1 heterocycles. The van der Waals surface area contributed by atoms with Gasteiger partial charge < -0.3 is 15.4 Å². The van der Waals surface area contributed by atoms with Crippen LogP contribution < -0.4 is 15.4 Å². The van der Waals surface area contributed by atoms with E-state index in [-0.39, 0.29) is 5.91 Å². The summed E-state index contributed by atoms with van der Waals surface area (Å²) in [6, 6.07) is 19.5.